The van der Waals surface area contributed by atoms with Gasteiger partial charge in [-0.05, 0) is 48.7 Å². The molecule has 0 bridgehead atoms. The number of hydrogen-bond donors (Lipinski definition) is 0. The summed E-state index contributed by atoms with van der Waals surface area (Å²) in [6.07, 6.45) is 2.48. The number of carbonyl (C=O) groups is 2. The van der Waals surface area contributed by atoms with Crippen LogP contribution in [0.1, 0.15) is 58.5 Å². The molecule has 8 heteroatoms. The lowest BCUT2D eigenvalue weighted by Gasteiger charge is -2.28. The molecule has 6 rings (SSSR count). The number of hydrogen-bond acceptors (Lipinski definition) is 5. The van der Waals surface area contributed by atoms with Gasteiger partial charge in [-0.1, -0.05) is 61.5 Å². The summed E-state index contributed by atoms with van der Waals surface area (Å²) in [6.45, 7) is 4.58. The van der Waals surface area contributed by atoms with E-state index in [2.05, 4.69) is 28.7 Å². The average molecular weight is 491 g/mol. The number of nitrogens with zero attached hydrogens (tertiary/aromatic N) is 6. The monoisotopic (exact) mass is 490 g/mol. The number of benzene rings is 3. The van der Waals surface area contributed by atoms with Gasteiger partial charge in [0.1, 0.15) is 11.5 Å². The molecule has 0 spiro atoms. The molecule has 1 aliphatic rings. The van der Waals surface area contributed by atoms with Crippen LogP contribution in [0.4, 0.5) is 0 Å². The van der Waals surface area contributed by atoms with Gasteiger partial charge in [0.25, 0.3) is 11.8 Å². The Balaban J connectivity index is 1.45. The van der Waals surface area contributed by atoms with Gasteiger partial charge < -0.3 is 4.57 Å². The third-order valence-corrected chi connectivity index (χ3v) is 6.70. The SMILES string of the molecule is CC(C)CC(c1nc2ccccc2n1Cc1cn(-c2ccccc2)nn1)N1C(=O)c2ccccc2C1=O. The maximum Gasteiger partial charge on any atom is 0.262 e. The zero-order valence-electron chi connectivity index (χ0n) is 20.7. The van der Waals surface area contributed by atoms with Crippen molar-refractivity contribution < 1.29 is 9.59 Å². The van der Waals surface area contributed by atoms with Gasteiger partial charge in [0, 0.05) is 0 Å². The van der Waals surface area contributed by atoms with Gasteiger partial charge >= 0.3 is 0 Å². The van der Waals surface area contributed by atoms with Crippen LogP contribution in [-0.4, -0.2) is 41.3 Å². The molecule has 0 radical (unpaired) electrons. The molecule has 1 unspecified atom stereocenters. The Hall–Kier alpha value is -4.59. The Morgan fingerprint density at radius 1 is 0.811 bits per heavy atom. The summed E-state index contributed by atoms with van der Waals surface area (Å²) in [6, 6.07) is 24.1. The molecule has 0 N–H and O–H groups in total. The number of amides is 2. The van der Waals surface area contributed by atoms with Crippen molar-refractivity contribution in [1.82, 2.24) is 29.4 Å². The van der Waals surface area contributed by atoms with Crippen LogP contribution < -0.4 is 0 Å². The Labute approximate surface area is 214 Å². The zero-order valence-corrected chi connectivity index (χ0v) is 20.7. The summed E-state index contributed by atoms with van der Waals surface area (Å²) in [5, 5.41) is 8.73. The second-order valence-corrected chi connectivity index (χ2v) is 9.71. The predicted molar refractivity (Wildman–Crippen MR) is 139 cm³/mol. The number of aromatic nitrogens is 5. The second-order valence-electron chi connectivity index (χ2n) is 9.71. The van der Waals surface area contributed by atoms with Crippen LogP contribution in [0.2, 0.25) is 0 Å². The van der Waals surface area contributed by atoms with Gasteiger partial charge in [0.15, 0.2) is 0 Å². The van der Waals surface area contributed by atoms with E-state index in [0.717, 1.165) is 22.4 Å². The smallest absolute Gasteiger partial charge is 0.262 e. The van der Waals surface area contributed by atoms with Crippen molar-refractivity contribution in [2.75, 3.05) is 0 Å². The molecule has 184 valence electrons. The topological polar surface area (TPSA) is 85.9 Å². The highest BCUT2D eigenvalue weighted by molar-refractivity contribution is 6.21. The fourth-order valence-electron chi connectivity index (χ4n) is 5.02. The van der Waals surface area contributed by atoms with Crippen LogP contribution in [0.3, 0.4) is 0 Å². The number of fused-ring (bicyclic) bond motifs is 2. The van der Waals surface area contributed by atoms with Crippen molar-refractivity contribution in [3.8, 4) is 5.69 Å². The molecule has 1 aliphatic heterocycles. The Morgan fingerprint density at radius 3 is 2.16 bits per heavy atom. The van der Waals surface area contributed by atoms with E-state index in [-0.39, 0.29) is 17.7 Å². The standard InChI is InChI=1S/C29H26N6O2/c1-19(2)16-26(35-28(36)22-12-6-7-13-23(22)29(35)37)27-30-24-14-8-9-15-25(24)33(27)17-20-18-34(32-31-20)21-10-4-3-5-11-21/h3-15,18-19,26H,16-17H2,1-2H3. The summed E-state index contributed by atoms with van der Waals surface area (Å²) < 4.78 is 3.80. The Kier molecular flexibility index (Phi) is 5.64. The van der Waals surface area contributed by atoms with Crippen LogP contribution in [0.25, 0.3) is 16.7 Å². The molecule has 3 aromatic carbocycles. The predicted octanol–water partition coefficient (Wildman–Crippen LogP) is 5.05. The van der Waals surface area contributed by atoms with Gasteiger partial charge in [0.2, 0.25) is 0 Å². The maximum atomic E-state index is 13.5. The van der Waals surface area contributed by atoms with E-state index in [0.29, 0.717) is 29.9 Å². The first-order valence-electron chi connectivity index (χ1n) is 12.4. The van der Waals surface area contributed by atoms with Crippen LogP contribution >= 0.6 is 0 Å². The Bertz CT molecular complexity index is 1580. The summed E-state index contributed by atoms with van der Waals surface area (Å²) in [5.74, 6) is 0.333. The van der Waals surface area contributed by atoms with E-state index in [9.17, 15) is 9.59 Å². The van der Waals surface area contributed by atoms with E-state index in [1.165, 1.54) is 4.90 Å². The van der Waals surface area contributed by atoms with Crippen molar-refractivity contribution in [2.24, 2.45) is 5.92 Å². The molecular weight excluding hydrogens is 464 g/mol. The molecule has 0 saturated heterocycles. The Morgan fingerprint density at radius 2 is 1.46 bits per heavy atom. The van der Waals surface area contributed by atoms with E-state index < -0.39 is 6.04 Å². The summed E-state index contributed by atoms with van der Waals surface area (Å²) in [7, 11) is 0. The van der Waals surface area contributed by atoms with Gasteiger partial charge in [-0.15, -0.1) is 5.10 Å². The maximum absolute atomic E-state index is 13.5. The summed E-state index contributed by atoms with van der Waals surface area (Å²) in [4.78, 5) is 33.3. The molecule has 0 aliphatic carbocycles. The molecule has 37 heavy (non-hydrogen) atoms. The number of rotatable bonds is 7. The highest BCUT2D eigenvalue weighted by Gasteiger charge is 2.42. The van der Waals surface area contributed by atoms with Crippen molar-refractivity contribution in [1.29, 1.82) is 0 Å². The molecule has 2 aromatic heterocycles. The molecule has 1 atom stereocenters. The van der Waals surface area contributed by atoms with Crippen molar-refractivity contribution in [3.05, 3.63) is 108 Å². The minimum Gasteiger partial charge on any atom is -0.320 e. The van der Waals surface area contributed by atoms with Crippen LogP contribution in [0.15, 0.2) is 85.1 Å². The third-order valence-electron chi connectivity index (χ3n) is 6.70. The molecule has 0 fully saturated rings. The first kappa shape index (κ1) is 22.8. The summed E-state index contributed by atoms with van der Waals surface area (Å²) >= 11 is 0. The van der Waals surface area contributed by atoms with Crippen LogP contribution in [0.5, 0.6) is 0 Å². The lowest BCUT2D eigenvalue weighted by atomic mass is 10.0. The number of imide groups is 1. The number of para-hydroxylation sites is 3. The van der Waals surface area contributed by atoms with Crippen molar-refractivity contribution in [3.63, 3.8) is 0 Å². The second kappa shape index (κ2) is 9.13. The lowest BCUT2D eigenvalue weighted by molar-refractivity contribution is 0.0553. The first-order valence-corrected chi connectivity index (χ1v) is 12.4. The molecule has 3 heterocycles. The van der Waals surface area contributed by atoms with Crippen molar-refractivity contribution in [2.45, 2.75) is 32.9 Å². The van der Waals surface area contributed by atoms with Gasteiger partial charge in [-0.25, -0.2) is 9.67 Å². The average Bonchev–Trinajstić information content (AvgIpc) is 3.60. The van der Waals surface area contributed by atoms with E-state index in [1.807, 2.05) is 60.8 Å². The summed E-state index contributed by atoms with van der Waals surface area (Å²) in [5.41, 5.74) is 4.26. The zero-order chi connectivity index (χ0) is 25.5. The minimum atomic E-state index is -0.524. The van der Waals surface area contributed by atoms with E-state index in [4.69, 9.17) is 4.98 Å². The fraction of sp³-hybridized carbons (Fsp3) is 0.207. The van der Waals surface area contributed by atoms with E-state index >= 15 is 0 Å². The minimum absolute atomic E-state index is 0.224. The fourth-order valence-corrected chi connectivity index (χ4v) is 5.02. The van der Waals surface area contributed by atoms with Gasteiger partial charge in [0.05, 0.1) is 46.6 Å². The first-order chi connectivity index (χ1) is 18.0. The normalized spacial score (nSPS) is 14.1. The largest absolute Gasteiger partial charge is 0.320 e. The highest BCUT2D eigenvalue weighted by atomic mass is 16.2. The van der Waals surface area contributed by atoms with Gasteiger partial charge in [-0.2, -0.15) is 0 Å². The quantitative estimate of drug-likeness (QED) is 0.298. The van der Waals surface area contributed by atoms with Crippen molar-refractivity contribution >= 4 is 22.8 Å². The lowest BCUT2D eigenvalue weighted by Crippen LogP contribution is -2.36. The number of carbonyl (C=O) groups excluding carboxylic acids is 2. The van der Waals surface area contributed by atoms with Crippen LogP contribution in [-0.2, 0) is 6.54 Å². The molecule has 0 saturated carbocycles. The highest BCUT2D eigenvalue weighted by Crippen LogP contribution is 2.36. The molecule has 5 aromatic rings. The van der Waals surface area contributed by atoms with Gasteiger partial charge in [-0.3, -0.25) is 14.5 Å². The third kappa shape index (κ3) is 4.00. The molecular formula is C29H26N6O2. The van der Waals surface area contributed by atoms with E-state index in [1.54, 1.807) is 28.9 Å². The molecule has 2 amide bonds. The number of imidazole rings is 1. The van der Waals surface area contributed by atoms with Crippen LogP contribution in [0, 0.1) is 5.92 Å². The molecule has 8 nitrogen and oxygen atoms in total.